The predicted octanol–water partition coefficient (Wildman–Crippen LogP) is 4.44. The van der Waals surface area contributed by atoms with E-state index < -0.39 is 23.8 Å². The van der Waals surface area contributed by atoms with E-state index in [0.29, 0.717) is 0 Å². The highest BCUT2D eigenvalue weighted by Gasteiger charge is 2.35. The van der Waals surface area contributed by atoms with Gasteiger partial charge in [0.25, 0.3) is 0 Å². The first-order chi connectivity index (χ1) is 13.2. The maximum absolute atomic E-state index is 12.9. The summed E-state index contributed by atoms with van der Waals surface area (Å²) in [5, 5.41) is 6.41. The van der Waals surface area contributed by atoms with Crippen LogP contribution in [-0.2, 0) is 11.0 Å². The van der Waals surface area contributed by atoms with E-state index >= 15 is 0 Å². The second-order valence-electron chi connectivity index (χ2n) is 6.70. The Hall–Kier alpha value is -3.03. The van der Waals surface area contributed by atoms with Crippen LogP contribution in [0.15, 0.2) is 54.9 Å². The minimum Gasteiger partial charge on any atom is -0.348 e. The fourth-order valence-corrected chi connectivity index (χ4v) is 3.01. The van der Waals surface area contributed by atoms with Crippen molar-refractivity contribution < 1.29 is 18.0 Å². The fourth-order valence-electron chi connectivity index (χ4n) is 3.01. The Kier molecular flexibility index (Phi) is 5.31. The number of hydrogen-bond acceptors (Lipinski definition) is 2. The lowest BCUT2D eigenvalue weighted by Gasteiger charge is -2.20. The molecule has 0 fully saturated rings. The number of amides is 1. The third-order valence-electron chi connectivity index (χ3n) is 4.59. The normalized spacial score (nSPS) is 13.9. The average Bonchev–Trinajstić information content (AvgIpc) is 3.30. The zero-order valence-corrected chi connectivity index (χ0v) is 15.7. The zero-order valence-electron chi connectivity index (χ0n) is 15.7. The Morgan fingerprint density at radius 1 is 1.11 bits per heavy atom. The van der Waals surface area contributed by atoms with Crippen LogP contribution in [0.5, 0.6) is 0 Å². The topological polar surface area (TPSA) is 51.9 Å². The highest BCUT2D eigenvalue weighted by Crippen LogP contribution is 2.29. The van der Waals surface area contributed by atoms with Crippen LogP contribution in [-0.4, -0.2) is 20.3 Å². The maximum Gasteiger partial charge on any atom is 0.435 e. The Morgan fingerprint density at radius 2 is 1.79 bits per heavy atom. The summed E-state index contributed by atoms with van der Waals surface area (Å²) < 4.78 is 41.6. The molecule has 3 aromatic rings. The molecule has 1 amide bonds. The lowest BCUT2D eigenvalue weighted by atomic mass is 10.1. The summed E-state index contributed by atoms with van der Waals surface area (Å²) in [7, 11) is 0. The molecule has 3 rings (SSSR count). The largest absolute Gasteiger partial charge is 0.435 e. The number of carbonyl (C=O) groups excluding carboxylic acids is 1. The summed E-state index contributed by atoms with van der Waals surface area (Å²) in [6, 6.07) is 11.3. The van der Waals surface area contributed by atoms with Crippen LogP contribution in [0, 0.1) is 6.92 Å². The lowest BCUT2D eigenvalue weighted by Crippen LogP contribution is -2.34. The van der Waals surface area contributed by atoms with Gasteiger partial charge in [-0.15, -0.1) is 0 Å². The molecule has 0 aliphatic carbocycles. The number of rotatable bonds is 5. The quantitative estimate of drug-likeness (QED) is 0.700. The monoisotopic (exact) mass is 390 g/mol. The van der Waals surface area contributed by atoms with Crippen molar-refractivity contribution in [3.8, 4) is 5.69 Å². The molecule has 28 heavy (non-hydrogen) atoms. The van der Waals surface area contributed by atoms with Crippen molar-refractivity contribution in [2.75, 3.05) is 0 Å². The molecule has 2 unspecified atom stereocenters. The van der Waals surface area contributed by atoms with Crippen LogP contribution in [0.25, 0.3) is 5.69 Å². The first-order valence-electron chi connectivity index (χ1n) is 8.84. The minimum atomic E-state index is -4.54. The van der Waals surface area contributed by atoms with Gasteiger partial charge in [0.05, 0.1) is 6.04 Å². The van der Waals surface area contributed by atoms with Crippen molar-refractivity contribution in [1.29, 1.82) is 0 Å². The van der Waals surface area contributed by atoms with Gasteiger partial charge in [-0.25, -0.2) is 0 Å². The van der Waals surface area contributed by atoms with E-state index in [4.69, 9.17) is 0 Å². The Morgan fingerprint density at radius 3 is 2.39 bits per heavy atom. The van der Waals surface area contributed by atoms with E-state index in [1.54, 1.807) is 0 Å². The molecule has 148 valence electrons. The number of halogens is 3. The Balaban J connectivity index is 1.74. The molecule has 2 atom stereocenters. The Bertz CT molecular complexity index is 960. The van der Waals surface area contributed by atoms with Crippen molar-refractivity contribution in [1.82, 2.24) is 19.7 Å². The van der Waals surface area contributed by atoms with Gasteiger partial charge in [0.1, 0.15) is 6.04 Å². The van der Waals surface area contributed by atoms with E-state index in [2.05, 4.69) is 10.4 Å². The van der Waals surface area contributed by atoms with Crippen molar-refractivity contribution in [3.63, 3.8) is 0 Å². The van der Waals surface area contributed by atoms with E-state index in [9.17, 15) is 18.0 Å². The van der Waals surface area contributed by atoms with Crippen LogP contribution in [0.3, 0.4) is 0 Å². The molecule has 0 aliphatic heterocycles. The van der Waals surface area contributed by atoms with E-state index in [-0.39, 0.29) is 11.7 Å². The van der Waals surface area contributed by atoms with Crippen LogP contribution in [0.4, 0.5) is 13.2 Å². The van der Waals surface area contributed by atoms with E-state index in [1.807, 2.05) is 60.3 Å². The van der Waals surface area contributed by atoms with Crippen LogP contribution in [0.2, 0.25) is 0 Å². The third kappa shape index (κ3) is 4.11. The molecule has 0 saturated heterocycles. The highest BCUT2D eigenvalue weighted by molar-refractivity contribution is 5.80. The summed E-state index contributed by atoms with van der Waals surface area (Å²) in [6.45, 7) is 4.85. The van der Waals surface area contributed by atoms with E-state index in [1.165, 1.54) is 13.8 Å². The molecule has 1 N–H and O–H groups in total. The number of benzene rings is 1. The Labute approximate surface area is 160 Å². The standard InChI is InChI=1S/C20H21F3N4O/c1-13-11-18(20(21,22)23)25-27(13)15(3)19(28)24-14(2)16-7-6-8-17(12-16)26-9-4-5-10-26/h4-12,14-15H,1-3H3,(H,24,28). The molecule has 0 spiro atoms. The maximum atomic E-state index is 12.9. The number of carbonyl (C=O) groups is 1. The van der Waals surface area contributed by atoms with Crippen molar-refractivity contribution in [2.45, 2.75) is 39.0 Å². The number of aryl methyl sites for hydroxylation is 1. The van der Waals surface area contributed by atoms with Gasteiger partial charge in [-0.1, -0.05) is 12.1 Å². The molecular formula is C20H21F3N4O. The summed E-state index contributed by atoms with van der Waals surface area (Å²) >= 11 is 0. The predicted molar refractivity (Wildman–Crippen MR) is 99.0 cm³/mol. The highest BCUT2D eigenvalue weighted by atomic mass is 19.4. The number of nitrogens with zero attached hydrogens (tertiary/aromatic N) is 3. The van der Waals surface area contributed by atoms with Crippen molar-refractivity contribution in [3.05, 3.63) is 71.8 Å². The number of hydrogen-bond donors (Lipinski definition) is 1. The smallest absolute Gasteiger partial charge is 0.348 e. The molecule has 0 aliphatic rings. The number of nitrogens with one attached hydrogen (secondary N) is 1. The first-order valence-corrected chi connectivity index (χ1v) is 8.84. The molecule has 8 heteroatoms. The molecule has 0 radical (unpaired) electrons. The molecule has 5 nitrogen and oxygen atoms in total. The second-order valence-corrected chi connectivity index (χ2v) is 6.70. The van der Waals surface area contributed by atoms with Crippen molar-refractivity contribution >= 4 is 5.91 Å². The lowest BCUT2D eigenvalue weighted by molar-refractivity contribution is -0.142. The number of alkyl halides is 3. The molecule has 2 aromatic heterocycles. The second kappa shape index (κ2) is 7.53. The van der Waals surface area contributed by atoms with Gasteiger partial charge < -0.3 is 9.88 Å². The van der Waals surface area contributed by atoms with Gasteiger partial charge >= 0.3 is 6.18 Å². The SMILES string of the molecule is Cc1cc(C(F)(F)F)nn1C(C)C(=O)NC(C)c1cccc(-n2cccc2)c1. The van der Waals surface area contributed by atoms with Gasteiger partial charge in [-0.2, -0.15) is 18.3 Å². The summed E-state index contributed by atoms with van der Waals surface area (Å²) in [4.78, 5) is 12.6. The van der Waals surface area contributed by atoms with Crippen molar-refractivity contribution in [2.24, 2.45) is 0 Å². The van der Waals surface area contributed by atoms with Gasteiger partial charge in [0.2, 0.25) is 5.91 Å². The molecule has 1 aromatic carbocycles. The van der Waals surface area contributed by atoms with Gasteiger partial charge in [0.15, 0.2) is 5.69 Å². The average molecular weight is 390 g/mol. The molecule has 0 saturated carbocycles. The first kappa shape index (κ1) is 19.7. The minimum absolute atomic E-state index is 0.275. The molecular weight excluding hydrogens is 369 g/mol. The van der Waals surface area contributed by atoms with Crippen LogP contribution >= 0.6 is 0 Å². The summed E-state index contributed by atoms with van der Waals surface area (Å²) in [6.07, 6.45) is -0.704. The molecule has 0 bridgehead atoms. The number of aromatic nitrogens is 3. The summed E-state index contributed by atoms with van der Waals surface area (Å²) in [5.41, 5.74) is 1.11. The van der Waals surface area contributed by atoms with Gasteiger partial charge in [0, 0.05) is 23.8 Å². The zero-order chi connectivity index (χ0) is 20.5. The third-order valence-corrected chi connectivity index (χ3v) is 4.59. The summed E-state index contributed by atoms with van der Waals surface area (Å²) in [5.74, 6) is -0.404. The molecule has 2 heterocycles. The van der Waals surface area contributed by atoms with Gasteiger partial charge in [-0.05, 0) is 56.7 Å². The fraction of sp³-hybridized carbons (Fsp3) is 0.300. The van der Waals surface area contributed by atoms with Crippen LogP contribution in [0.1, 0.15) is 42.9 Å². The van der Waals surface area contributed by atoms with Gasteiger partial charge in [-0.3, -0.25) is 9.48 Å². The van der Waals surface area contributed by atoms with E-state index in [0.717, 1.165) is 22.0 Å². The van der Waals surface area contributed by atoms with Crippen LogP contribution < -0.4 is 5.32 Å².